The fraction of sp³-hybridized carbons (Fsp3) is 1.00. The molecule has 0 radical (unpaired) electrons. The Morgan fingerprint density at radius 3 is 2.47 bits per heavy atom. The number of aliphatic hydroxyl groups excluding tert-OH is 1. The maximum Gasteiger partial charge on any atom is 0.211 e. The van der Waals surface area contributed by atoms with E-state index in [-0.39, 0.29) is 12.3 Å². The van der Waals surface area contributed by atoms with Crippen molar-refractivity contribution in [3.63, 3.8) is 0 Å². The van der Waals surface area contributed by atoms with Gasteiger partial charge in [0.2, 0.25) is 10.0 Å². The minimum atomic E-state index is -3.19. The maximum atomic E-state index is 11.6. The zero-order chi connectivity index (χ0) is 11.3. The highest BCUT2D eigenvalue weighted by Crippen LogP contribution is 2.24. The van der Waals surface area contributed by atoms with E-state index in [4.69, 9.17) is 5.11 Å². The van der Waals surface area contributed by atoms with Crippen LogP contribution in [0.15, 0.2) is 0 Å². The standard InChI is InChI=1S/C10H21NO3S/c1-9(12)7-11-15(13,14)8-10-5-3-2-4-6-10/h9-12H,2-8H2,1H3/t9-/m1/s1. The first-order valence-corrected chi connectivity index (χ1v) is 7.30. The van der Waals surface area contributed by atoms with Crippen LogP contribution in [0.4, 0.5) is 0 Å². The Morgan fingerprint density at radius 1 is 1.33 bits per heavy atom. The van der Waals surface area contributed by atoms with E-state index in [0.717, 1.165) is 25.7 Å². The summed E-state index contributed by atoms with van der Waals surface area (Å²) >= 11 is 0. The zero-order valence-corrected chi connectivity index (χ0v) is 10.1. The number of nitrogens with one attached hydrogen (secondary N) is 1. The molecular weight excluding hydrogens is 214 g/mol. The van der Waals surface area contributed by atoms with Crippen LogP contribution in [0.2, 0.25) is 0 Å². The van der Waals surface area contributed by atoms with E-state index in [1.54, 1.807) is 6.92 Å². The van der Waals surface area contributed by atoms with Crippen molar-refractivity contribution < 1.29 is 13.5 Å². The van der Waals surface area contributed by atoms with E-state index < -0.39 is 16.1 Å². The van der Waals surface area contributed by atoms with Gasteiger partial charge in [0.05, 0.1) is 11.9 Å². The average Bonchev–Trinajstić information content (AvgIpc) is 2.16. The Hall–Kier alpha value is -0.130. The van der Waals surface area contributed by atoms with Crippen LogP contribution in [0.1, 0.15) is 39.0 Å². The SMILES string of the molecule is C[C@@H](O)CNS(=O)(=O)CC1CCCCC1. The molecule has 0 bridgehead atoms. The van der Waals surface area contributed by atoms with Crippen LogP contribution < -0.4 is 4.72 Å². The van der Waals surface area contributed by atoms with Crippen molar-refractivity contribution >= 4 is 10.0 Å². The molecule has 1 aliphatic rings. The van der Waals surface area contributed by atoms with Crippen molar-refractivity contribution in [3.8, 4) is 0 Å². The van der Waals surface area contributed by atoms with Gasteiger partial charge in [0.25, 0.3) is 0 Å². The summed E-state index contributed by atoms with van der Waals surface area (Å²) in [6.45, 7) is 1.69. The van der Waals surface area contributed by atoms with Crippen molar-refractivity contribution in [2.45, 2.75) is 45.1 Å². The van der Waals surface area contributed by atoms with Crippen LogP contribution in [0, 0.1) is 5.92 Å². The molecule has 4 nitrogen and oxygen atoms in total. The highest BCUT2D eigenvalue weighted by Gasteiger charge is 2.21. The quantitative estimate of drug-likeness (QED) is 0.743. The summed E-state index contributed by atoms with van der Waals surface area (Å²) in [5, 5.41) is 8.99. The molecule has 0 heterocycles. The van der Waals surface area contributed by atoms with E-state index in [9.17, 15) is 8.42 Å². The second-order valence-electron chi connectivity index (χ2n) is 4.48. The third kappa shape index (κ3) is 5.49. The Balaban J connectivity index is 2.34. The lowest BCUT2D eigenvalue weighted by Crippen LogP contribution is -2.35. The zero-order valence-electron chi connectivity index (χ0n) is 9.28. The summed E-state index contributed by atoms with van der Waals surface area (Å²) in [6, 6.07) is 0. The largest absolute Gasteiger partial charge is 0.392 e. The average molecular weight is 235 g/mol. The first kappa shape index (κ1) is 12.9. The van der Waals surface area contributed by atoms with Crippen LogP contribution in [-0.4, -0.2) is 31.9 Å². The molecule has 0 saturated heterocycles. The molecule has 90 valence electrons. The molecule has 0 aliphatic heterocycles. The molecule has 0 aromatic heterocycles. The van der Waals surface area contributed by atoms with Crippen molar-refractivity contribution in [3.05, 3.63) is 0 Å². The number of aliphatic hydroxyl groups is 1. The molecule has 0 aromatic carbocycles. The van der Waals surface area contributed by atoms with E-state index in [0.29, 0.717) is 5.92 Å². The van der Waals surface area contributed by atoms with Gasteiger partial charge < -0.3 is 5.11 Å². The Kier molecular flexibility index (Phi) is 5.02. The lowest BCUT2D eigenvalue weighted by molar-refractivity contribution is 0.198. The van der Waals surface area contributed by atoms with Gasteiger partial charge in [-0.3, -0.25) is 0 Å². The van der Waals surface area contributed by atoms with Gasteiger partial charge >= 0.3 is 0 Å². The maximum absolute atomic E-state index is 11.6. The molecule has 15 heavy (non-hydrogen) atoms. The molecular formula is C10H21NO3S. The minimum absolute atomic E-state index is 0.120. The minimum Gasteiger partial charge on any atom is -0.392 e. The lowest BCUT2D eigenvalue weighted by Gasteiger charge is -2.21. The summed E-state index contributed by atoms with van der Waals surface area (Å²) < 4.78 is 25.6. The van der Waals surface area contributed by atoms with Gasteiger partial charge in [-0.25, -0.2) is 13.1 Å². The molecule has 1 fully saturated rings. The van der Waals surface area contributed by atoms with Crippen LogP contribution in [-0.2, 0) is 10.0 Å². The second kappa shape index (κ2) is 5.82. The summed E-state index contributed by atoms with van der Waals surface area (Å²) in [4.78, 5) is 0. The highest BCUT2D eigenvalue weighted by atomic mass is 32.2. The van der Waals surface area contributed by atoms with Gasteiger partial charge in [0.1, 0.15) is 0 Å². The molecule has 2 N–H and O–H groups in total. The predicted octanol–water partition coefficient (Wildman–Crippen LogP) is 0.867. The van der Waals surface area contributed by atoms with Crippen molar-refractivity contribution in [2.75, 3.05) is 12.3 Å². The molecule has 0 unspecified atom stereocenters. The summed E-state index contributed by atoms with van der Waals surface area (Å²) in [5.41, 5.74) is 0. The molecule has 5 heteroatoms. The van der Waals surface area contributed by atoms with E-state index in [1.807, 2.05) is 0 Å². The van der Waals surface area contributed by atoms with Gasteiger partial charge in [-0.05, 0) is 25.7 Å². The summed E-state index contributed by atoms with van der Waals surface area (Å²) in [6.07, 6.45) is 4.96. The molecule has 0 spiro atoms. The fourth-order valence-electron chi connectivity index (χ4n) is 1.97. The van der Waals surface area contributed by atoms with Crippen molar-refractivity contribution in [1.82, 2.24) is 4.72 Å². The molecule has 1 saturated carbocycles. The summed E-state index contributed by atoms with van der Waals surface area (Å²) in [7, 11) is -3.19. The number of rotatable bonds is 5. The van der Waals surface area contributed by atoms with E-state index in [1.165, 1.54) is 6.42 Å². The van der Waals surface area contributed by atoms with Crippen molar-refractivity contribution in [1.29, 1.82) is 0 Å². The molecule has 1 atom stereocenters. The van der Waals surface area contributed by atoms with Gasteiger partial charge in [-0.1, -0.05) is 19.3 Å². The highest BCUT2D eigenvalue weighted by molar-refractivity contribution is 7.89. The van der Waals surface area contributed by atoms with Gasteiger partial charge in [0.15, 0.2) is 0 Å². The van der Waals surface area contributed by atoms with Crippen LogP contribution in [0.25, 0.3) is 0 Å². The lowest BCUT2D eigenvalue weighted by atomic mass is 9.91. The first-order valence-electron chi connectivity index (χ1n) is 5.65. The van der Waals surface area contributed by atoms with Crippen LogP contribution in [0.3, 0.4) is 0 Å². The Morgan fingerprint density at radius 2 is 1.93 bits per heavy atom. The van der Waals surface area contributed by atoms with Crippen LogP contribution >= 0.6 is 0 Å². The fourth-order valence-corrected chi connectivity index (χ4v) is 3.54. The number of sulfonamides is 1. The van der Waals surface area contributed by atoms with E-state index >= 15 is 0 Å². The van der Waals surface area contributed by atoms with Gasteiger partial charge in [0, 0.05) is 6.54 Å². The molecule has 1 rings (SSSR count). The van der Waals surface area contributed by atoms with Crippen LogP contribution in [0.5, 0.6) is 0 Å². The Labute approximate surface area is 92.1 Å². The number of hydrogen-bond acceptors (Lipinski definition) is 3. The normalized spacial score (nSPS) is 21.5. The van der Waals surface area contributed by atoms with Crippen molar-refractivity contribution in [2.24, 2.45) is 5.92 Å². The molecule has 0 aromatic rings. The topological polar surface area (TPSA) is 66.4 Å². The van der Waals surface area contributed by atoms with Gasteiger partial charge in [-0.2, -0.15) is 0 Å². The smallest absolute Gasteiger partial charge is 0.211 e. The Bertz CT molecular complexity index is 268. The third-order valence-corrected chi connectivity index (χ3v) is 4.30. The molecule has 1 aliphatic carbocycles. The van der Waals surface area contributed by atoms with Gasteiger partial charge in [-0.15, -0.1) is 0 Å². The predicted molar refractivity (Wildman–Crippen MR) is 60.0 cm³/mol. The second-order valence-corrected chi connectivity index (χ2v) is 6.33. The van der Waals surface area contributed by atoms with E-state index in [2.05, 4.69) is 4.72 Å². The first-order chi connectivity index (χ1) is 6.99. The molecule has 0 amide bonds. The third-order valence-electron chi connectivity index (χ3n) is 2.78. The monoisotopic (exact) mass is 235 g/mol. The summed E-state index contributed by atoms with van der Waals surface area (Å²) in [5.74, 6) is 0.532. The number of hydrogen-bond donors (Lipinski definition) is 2.